The van der Waals surface area contributed by atoms with E-state index in [1.165, 1.54) is 24.3 Å². The summed E-state index contributed by atoms with van der Waals surface area (Å²) in [4.78, 5) is 9.96. The van der Waals surface area contributed by atoms with Gasteiger partial charge in [-0.2, -0.15) is 5.10 Å². The molecule has 2 rings (SSSR count). The van der Waals surface area contributed by atoms with Crippen LogP contribution < -0.4 is 4.72 Å². The normalized spacial score (nSPS) is 13.0. The molecule has 0 saturated carbocycles. The molecule has 9 heteroatoms. The van der Waals surface area contributed by atoms with Crippen LogP contribution in [0.5, 0.6) is 0 Å². The molecule has 1 N–H and O–H groups in total. The van der Waals surface area contributed by atoms with Crippen LogP contribution in [0.2, 0.25) is 0 Å². The number of nitrogens with zero attached hydrogens (tertiary/aromatic N) is 3. The van der Waals surface area contributed by atoms with E-state index in [1.807, 2.05) is 13.8 Å². The van der Waals surface area contributed by atoms with Gasteiger partial charge in [0.25, 0.3) is 5.69 Å². The van der Waals surface area contributed by atoms with Crippen molar-refractivity contribution in [1.82, 2.24) is 14.5 Å². The third-order valence-electron chi connectivity index (χ3n) is 3.59. The van der Waals surface area contributed by atoms with E-state index in [0.717, 1.165) is 11.3 Å². The summed E-state index contributed by atoms with van der Waals surface area (Å²) in [5.74, 6) is 0. The number of hydrogen-bond acceptors (Lipinski definition) is 5. The number of nitrogens with one attached hydrogen (secondary N) is 1. The standard InChI is InChI=1S/C14H18N4O4S/c1-4-17-11(3)12(9-15-17)10(2)16-23(21,22)14-8-6-5-7-13(14)18(19)20/h5-10,16H,4H2,1-3H3. The fourth-order valence-electron chi connectivity index (χ4n) is 2.40. The third-order valence-corrected chi connectivity index (χ3v) is 5.18. The van der Waals surface area contributed by atoms with E-state index in [0.29, 0.717) is 6.54 Å². The first-order valence-electron chi connectivity index (χ1n) is 7.06. The molecule has 0 spiro atoms. The Balaban J connectivity index is 2.35. The van der Waals surface area contributed by atoms with Crippen molar-refractivity contribution in [2.24, 2.45) is 0 Å². The lowest BCUT2D eigenvalue weighted by Crippen LogP contribution is -2.27. The molecule has 0 bridgehead atoms. The van der Waals surface area contributed by atoms with Crippen LogP contribution in [-0.4, -0.2) is 23.1 Å². The van der Waals surface area contributed by atoms with Crippen molar-refractivity contribution in [3.63, 3.8) is 0 Å². The fraction of sp³-hybridized carbons (Fsp3) is 0.357. The van der Waals surface area contributed by atoms with Gasteiger partial charge in [0, 0.05) is 29.9 Å². The Morgan fingerprint density at radius 2 is 2.04 bits per heavy atom. The molecule has 124 valence electrons. The molecule has 1 aromatic carbocycles. The number of benzene rings is 1. The van der Waals surface area contributed by atoms with Gasteiger partial charge >= 0.3 is 0 Å². The third kappa shape index (κ3) is 3.40. The fourth-order valence-corrected chi connectivity index (χ4v) is 3.79. The largest absolute Gasteiger partial charge is 0.289 e. The van der Waals surface area contributed by atoms with Crippen LogP contribution in [0, 0.1) is 17.0 Å². The van der Waals surface area contributed by atoms with Gasteiger partial charge in [0.15, 0.2) is 4.90 Å². The van der Waals surface area contributed by atoms with E-state index in [9.17, 15) is 18.5 Å². The van der Waals surface area contributed by atoms with Crippen molar-refractivity contribution in [2.45, 2.75) is 38.3 Å². The highest BCUT2D eigenvalue weighted by Gasteiger charge is 2.27. The Hall–Kier alpha value is -2.26. The highest BCUT2D eigenvalue weighted by atomic mass is 32.2. The molecule has 0 aliphatic carbocycles. The molecule has 0 amide bonds. The molecule has 0 radical (unpaired) electrons. The second kappa shape index (κ2) is 6.47. The monoisotopic (exact) mass is 338 g/mol. The van der Waals surface area contributed by atoms with Gasteiger partial charge in [-0.1, -0.05) is 12.1 Å². The summed E-state index contributed by atoms with van der Waals surface area (Å²) in [5.41, 5.74) is 1.13. The number of hydrogen-bond donors (Lipinski definition) is 1. The Morgan fingerprint density at radius 1 is 1.39 bits per heavy atom. The van der Waals surface area contributed by atoms with Crippen LogP contribution in [0.4, 0.5) is 5.69 Å². The van der Waals surface area contributed by atoms with Crippen LogP contribution >= 0.6 is 0 Å². The Morgan fingerprint density at radius 3 is 2.61 bits per heavy atom. The minimum absolute atomic E-state index is 0.350. The van der Waals surface area contributed by atoms with Gasteiger partial charge in [0.2, 0.25) is 10.0 Å². The van der Waals surface area contributed by atoms with Crippen molar-refractivity contribution < 1.29 is 13.3 Å². The molecule has 0 fully saturated rings. The van der Waals surface area contributed by atoms with Crippen molar-refractivity contribution >= 4 is 15.7 Å². The van der Waals surface area contributed by atoms with Crippen LogP contribution in [-0.2, 0) is 16.6 Å². The summed E-state index contributed by atoms with van der Waals surface area (Å²) >= 11 is 0. The first kappa shape index (κ1) is 17.1. The SMILES string of the molecule is CCn1ncc(C(C)NS(=O)(=O)c2ccccc2[N+](=O)[O-])c1C. The van der Waals surface area contributed by atoms with Gasteiger partial charge < -0.3 is 0 Å². The van der Waals surface area contributed by atoms with Gasteiger partial charge in [-0.05, 0) is 26.8 Å². The maximum Gasteiger partial charge on any atom is 0.289 e. The topological polar surface area (TPSA) is 107 Å². The molecule has 1 unspecified atom stereocenters. The molecule has 0 aliphatic heterocycles. The predicted molar refractivity (Wildman–Crippen MR) is 84.5 cm³/mol. The zero-order valence-corrected chi connectivity index (χ0v) is 13.9. The van der Waals surface area contributed by atoms with Gasteiger partial charge in [-0.3, -0.25) is 14.8 Å². The molecule has 1 atom stereocenters. The van der Waals surface area contributed by atoms with Gasteiger partial charge in [-0.25, -0.2) is 13.1 Å². The van der Waals surface area contributed by atoms with Gasteiger partial charge in [-0.15, -0.1) is 0 Å². The smallest absolute Gasteiger partial charge is 0.270 e. The van der Waals surface area contributed by atoms with E-state index in [2.05, 4.69) is 9.82 Å². The predicted octanol–water partition coefficient (Wildman–Crippen LogP) is 2.16. The van der Waals surface area contributed by atoms with Gasteiger partial charge in [0.05, 0.1) is 11.1 Å². The summed E-state index contributed by atoms with van der Waals surface area (Å²) in [6.45, 7) is 6.14. The number of nitro groups is 1. The molecular weight excluding hydrogens is 320 g/mol. The van der Waals surface area contributed by atoms with Crippen LogP contribution in [0.3, 0.4) is 0 Å². The molecular formula is C14H18N4O4S. The number of nitro benzene ring substituents is 1. The average molecular weight is 338 g/mol. The second-order valence-corrected chi connectivity index (χ2v) is 6.75. The number of para-hydroxylation sites is 1. The van der Waals surface area contributed by atoms with E-state index in [1.54, 1.807) is 17.8 Å². The molecule has 2 aromatic rings. The minimum atomic E-state index is -4.03. The second-order valence-electron chi connectivity index (χ2n) is 5.07. The molecule has 1 aromatic heterocycles. The highest BCUT2D eigenvalue weighted by Crippen LogP contribution is 2.25. The van der Waals surface area contributed by atoms with Crippen molar-refractivity contribution in [3.8, 4) is 0 Å². The maximum atomic E-state index is 12.5. The Kier molecular flexibility index (Phi) is 4.81. The maximum absolute atomic E-state index is 12.5. The summed E-state index contributed by atoms with van der Waals surface area (Å²) in [7, 11) is -4.03. The van der Waals surface area contributed by atoms with Crippen molar-refractivity contribution in [3.05, 3.63) is 51.8 Å². The average Bonchev–Trinajstić information content (AvgIpc) is 2.87. The Labute approximate surface area is 134 Å². The molecule has 23 heavy (non-hydrogen) atoms. The minimum Gasteiger partial charge on any atom is -0.270 e. The van der Waals surface area contributed by atoms with E-state index >= 15 is 0 Å². The quantitative estimate of drug-likeness (QED) is 0.641. The number of aryl methyl sites for hydroxylation is 1. The zero-order chi connectivity index (χ0) is 17.2. The molecule has 8 nitrogen and oxygen atoms in total. The zero-order valence-electron chi connectivity index (χ0n) is 13.1. The van der Waals surface area contributed by atoms with Gasteiger partial charge in [0.1, 0.15) is 0 Å². The van der Waals surface area contributed by atoms with E-state index in [-0.39, 0.29) is 4.90 Å². The first-order valence-corrected chi connectivity index (χ1v) is 8.54. The number of rotatable bonds is 6. The number of sulfonamides is 1. The van der Waals surface area contributed by atoms with E-state index in [4.69, 9.17) is 0 Å². The summed E-state index contributed by atoms with van der Waals surface area (Å²) in [6.07, 6.45) is 1.60. The summed E-state index contributed by atoms with van der Waals surface area (Å²) < 4.78 is 29.2. The number of aromatic nitrogens is 2. The van der Waals surface area contributed by atoms with E-state index < -0.39 is 26.7 Å². The van der Waals surface area contributed by atoms with Crippen LogP contribution in [0.1, 0.15) is 31.1 Å². The highest BCUT2D eigenvalue weighted by molar-refractivity contribution is 7.89. The lowest BCUT2D eigenvalue weighted by molar-refractivity contribution is -0.387. The summed E-state index contributed by atoms with van der Waals surface area (Å²) in [6, 6.07) is 4.71. The van der Waals surface area contributed by atoms with Crippen molar-refractivity contribution in [2.75, 3.05) is 0 Å². The molecule has 0 aliphatic rings. The van der Waals surface area contributed by atoms with Crippen LogP contribution in [0.15, 0.2) is 35.4 Å². The van der Waals surface area contributed by atoms with Crippen molar-refractivity contribution in [1.29, 1.82) is 0 Å². The first-order chi connectivity index (χ1) is 10.8. The lowest BCUT2D eigenvalue weighted by Gasteiger charge is -2.14. The summed E-state index contributed by atoms with van der Waals surface area (Å²) in [5, 5.41) is 15.2. The lowest BCUT2D eigenvalue weighted by atomic mass is 10.1. The Bertz CT molecular complexity index is 829. The molecule has 0 saturated heterocycles. The molecule has 1 heterocycles. The van der Waals surface area contributed by atoms with Crippen LogP contribution in [0.25, 0.3) is 0 Å².